The summed E-state index contributed by atoms with van der Waals surface area (Å²) in [4.78, 5) is 27.8. The molecular formula is C19H28N4O2. The molecule has 0 bridgehead atoms. The van der Waals surface area contributed by atoms with E-state index >= 15 is 0 Å². The first-order chi connectivity index (χ1) is 11.9. The van der Waals surface area contributed by atoms with Crippen LogP contribution >= 0.6 is 0 Å². The number of nitrogens with zero attached hydrogens (tertiary/aromatic N) is 3. The zero-order chi connectivity index (χ0) is 17.8. The molecule has 0 aromatic carbocycles. The number of rotatable bonds is 4. The fourth-order valence-electron chi connectivity index (χ4n) is 4.55. The average molecular weight is 344 g/mol. The van der Waals surface area contributed by atoms with Gasteiger partial charge in [0.2, 0.25) is 5.91 Å². The second-order valence-electron chi connectivity index (χ2n) is 8.31. The molecule has 2 amide bonds. The highest BCUT2D eigenvalue weighted by Crippen LogP contribution is 2.52. The predicted molar refractivity (Wildman–Crippen MR) is 94.1 cm³/mol. The van der Waals surface area contributed by atoms with Crippen LogP contribution in [0.1, 0.15) is 53.8 Å². The molecule has 1 unspecified atom stereocenters. The summed E-state index contributed by atoms with van der Waals surface area (Å²) in [6, 6.07) is 0. The van der Waals surface area contributed by atoms with Crippen molar-refractivity contribution in [3.8, 4) is 0 Å². The molecule has 25 heavy (non-hydrogen) atoms. The smallest absolute Gasteiger partial charge is 0.257 e. The minimum Gasteiger partial charge on any atom is -0.356 e. The minimum atomic E-state index is -0.0544. The van der Waals surface area contributed by atoms with E-state index in [0.717, 1.165) is 30.8 Å². The van der Waals surface area contributed by atoms with Crippen molar-refractivity contribution in [3.05, 3.63) is 17.0 Å². The molecule has 1 aliphatic heterocycles. The lowest BCUT2D eigenvalue weighted by atomic mass is 9.62. The Kier molecular flexibility index (Phi) is 3.89. The molecule has 1 spiro atoms. The molecule has 3 fully saturated rings. The van der Waals surface area contributed by atoms with Gasteiger partial charge in [-0.2, -0.15) is 5.10 Å². The van der Waals surface area contributed by atoms with Crippen LogP contribution in [-0.2, 0) is 11.8 Å². The standard InChI is InChI=1S/C19H28N4O2/c1-12-16(13(2)22(3)21-12)18(25)23-10-15(19(11-23)7-4-8-19)17(24)20-9-14-5-6-14/h14-15H,4-11H2,1-3H3,(H,20,24). The molecule has 2 aliphatic carbocycles. The van der Waals surface area contributed by atoms with Gasteiger partial charge in [0.05, 0.1) is 17.2 Å². The van der Waals surface area contributed by atoms with Crippen molar-refractivity contribution in [2.75, 3.05) is 19.6 Å². The van der Waals surface area contributed by atoms with Crippen molar-refractivity contribution in [2.45, 2.75) is 46.0 Å². The van der Waals surface area contributed by atoms with Crippen LogP contribution in [0.15, 0.2) is 0 Å². The Bertz CT molecular complexity index is 715. The molecule has 6 nitrogen and oxygen atoms in total. The first-order valence-electron chi connectivity index (χ1n) is 9.48. The Morgan fingerprint density at radius 1 is 1.28 bits per heavy atom. The predicted octanol–water partition coefficient (Wildman–Crippen LogP) is 1.81. The van der Waals surface area contributed by atoms with Crippen molar-refractivity contribution in [2.24, 2.45) is 24.3 Å². The minimum absolute atomic E-state index is 0.00725. The van der Waals surface area contributed by atoms with E-state index in [9.17, 15) is 9.59 Å². The summed E-state index contributed by atoms with van der Waals surface area (Å²) in [5.74, 6) is 0.816. The van der Waals surface area contributed by atoms with Gasteiger partial charge in [0.25, 0.3) is 5.91 Å². The molecule has 3 aliphatic rings. The van der Waals surface area contributed by atoms with Gasteiger partial charge in [-0.3, -0.25) is 14.3 Å². The number of aryl methyl sites for hydroxylation is 2. The third kappa shape index (κ3) is 2.75. The zero-order valence-corrected chi connectivity index (χ0v) is 15.5. The van der Waals surface area contributed by atoms with Crippen molar-refractivity contribution >= 4 is 11.8 Å². The Morgan fingerprint density at radius 2 is 2.00 bits per heavy atom. The lowest BCUT2D eigenvalue weighted by Gasteiger charge is -2.41. The van der Waals surface area contributed by atoms with E-state index in [1.165, 1.54) is 19.3 Å². The van der Waals surface area contributed by atoms with E-state index in [-0.39, 0.29) is 23.1 Å². The Labute approximate surface area is 148 Å². The fourth-order valence-corrected chi connectivity index (χ4v) is 4.55. The van der Waals surface area contributed by atoms with E-state index in [4.69, 9.17) is 0 Å². The molecule has 1 saturated heterocycles. The van der Waals surface area contributed by atoms with Crippen molar-refractivity contribution < 1.29 is 9.59 Å². The Balaban J connectivity index is 1.51. The van der Waals surface area contributed by atoms with Crippen molar-refractivity contribution in [1.29, 1.82) is 0 Å². The third-order valence-electron chi connectivity index (χ3n) is 6.59. The van der Waals surface area contributed by atoms with Gasteiger partial charge in [0, 0.05) is 37.8 Å². The van der Waals surface area contributed by atoms with Crippen LogP contribution in [0.2, 0.25) is 0 Å². The molecule has 1 aromatic heterocycles. The number of amides is 2. The summed E-state index contributed by atoms with van der Waals surface area (Å²) in [5, 5.41) is 7.52. The normalized spacial score (nSPS) is 24.4. The molecule has 4 rings (SSSR count). The van der Waals surface area contributed by atoms with Gasteiger partial charge >= 0.3 is 0 Å². The van der Waals surface area contributed by atoms with Gasteiger partial charge in [0.15, 0.2) is 0 Å². The molecule has 2 heterocycles. The van der Waals surface area contributed by atoms with E-state index < -0.39 is 0 Å². The van der Waals surface area contributed by atoms with Crippen LogP contribution in [0.5, 0.6) is 0 Å². The van der Waals surface area contributed by atoms with Crippen molar-refractivity contribution in [1.82, 2.24) is 20.0 Å². The number of likely N-dealkylation sites (tertiary alicyclic amines) is 1. The van der Waals surface area contributed by atoms with E-state index in [1.807, 2.05) is 25.8 Å². The maximum atomic E-state index is 13.1. The average Bonchev–Trinajstić information content (AvgIpc) is 3.21. The van der Waals surface area contributed by atoms with Gasteiger partial charge in [-0.15, -0.1) is 0 Å². The number of nitrogens with one attached hydrogen (secondary N) is 1. The van der Waals surface area contributed by atoms with E-state index in [0.29, 0.717) is 24.6 Å². The van der Waals surface area contributed by atoms with Crippen LogP contribution in [0.4, 0.5) is 0 Å². The molecule has 1 aromatic rings. The molecule has 2 saturated carbocycles. The highest BCUT2D eigenvalue weighted by molar-refractivity contribution is 5.97. The van der Waals surface area contributed by atoms with Gasteiger partial charge in [-0.1, -0.05) is 6.42 Å². The van der Waals surface area contributed by atoms with Crippen molar-refractivity contribution in [3.63, 3.8) is 0 Å². The molecule has 1 N–H and O–H groups in total. The largest absolute Gasteiger partial charge is 0.356 e. The van der Waals surface area contributed by atoms with Crippen LogP contribution in [-0.4, -0.2) is 46.1 Å². The summed E-state index contributed by atoms with van der Waals surface area (Å²) < 4.78 is 1.76. The Hall–Kier alpha value is -1.85. The van der Waals surface area contributed by atoms with Crippen LogP contribution in [0, 0.1) is 31.1 Å². The lowest BCUT2D eigenvalue weighted by molar-refractivity contribution is -0.129. The first kappa shape index (κ1) is 16.6. The third-order valence-corrected chi connectivity index (χ3v) is 6.59. The number of carbonyl (C=O) groups excluding carboxylic acids is 2. The van der Waals surface area contributed by atoms with Gasteiger partial charge in [0.1, 0.15) is 0 Å². The van der Waals surface area contributed by atoms with Crippen LogP contribution < -0.4 is 5.32 Å². The monoisotopic (exact) mass is 344 g/mol. The Morgan fingerprint density at radius 3 is 2.52 bits per heavy atom. The number of carbonyl (C=O) groups is 2. The molecule has 136 valence electrons. The molecule has 0 radical (unpaired) electrons. The van der Waals surface area contributed by atoms with Crippen LogP contribution in [0.25, 0.3) is 0 Å². The highest BCUT2D eigenvalue weighted by Gasteiger charge is 2.54. The number of hydrogen-bond donors (Lipinski definition) is 1. The van der Waals surface area contributed by atoms with Gasteiger partial charge < -0.3 is 10.2 Å². The first-order valence-corrected chi connectivity index (χ1v) is 9.48. The summed E-state index contributed by atoms with van der Waals surface area (Å²) >= 11 is 0. The highest BCUT2D eigenvalue weighted by atomic mass is 16.2. The second kappa shape index (κ2) is 5.85. The summed E-state index contributed by atoms with van der Waals surface area (Å²) in [5.41, 5.74) is 2.38. The SMILES string of the molecule is Cc1nn(C)c(C)c1C(=O)N1CC(C(=O)NCC2CC2)C2(CCC2)C1. The molecular weight excluding hydrogens is 316 g/mol. The summed E-state index contributed by atoms with van der Waals surface area (Å²) in [6.07, 6.45) is 5.76. The summed E-state index contributed by atoms with van der Waals surface area (Å²) in [6.45, 7) is 5.88. The number of aromatic nitrogens is 2. The maximum absolute atomic E-state index is 13.1. The van der Waals surface area contributed by atoms with Gasteiger partial charge in [-0.25, -0.2) is 0 Å². The quantitative estimate of drug-likeness (QED) is 0.906. The van der Waals surface area contributed by atoms with Gasteiger partial charge in [-0.05, 0) is 45.4 Å². The van der Waals surface area contributed by atoms with E-state index in [1.54, 1.807) is 4.68 Å². The van der Waals surface area contributed by atoms with E-state index in [2.05, 4.69) is 10.4 Å². The molecule has 6 heteroatoms. The zero-order valence-electron chi connectivity index (χ0n) is 15.5. The molecule has 1 atom stereocenters. The van der Waals surface area contributed by atoms with Crippen LogP contribution in [0.3, 0.4) is 0 Å². The summed E-state index contributed by atoms with van der Waals surface area (Å²) in [7, 11) is 1.87. The topological polar surface area (TPSA) is 67.2 Å². The maximum Gasteiger partial charge on any atom is 0.257 e. The second-order valence-corrected chi connectivity index (χ2v) is 8.31. The lowest BCUT2D eigenvalue weighted by Crippen LogP contribution is -2.45. The fraction of sp³-hybridized carbons (Fsp3) is 0.737. The number of hydrogen-bond acceptors (Lipinski definition) is 3.